The van der Waals surface area contributed by atoms with Crippen molar-refractivity contribution in [1.82, 2.24) is 9.97 Å². The fraction of sp³-hybridized carbons (Fsp3) is 0.375. The minimum Gasteiger partial charge on any atom is -0.368 e. The van der Waals surface area contributed by atoms with Crippen LogP contribution < -0.4 is 11.1 Å². The van der Waals surface area contributed by atoms with Crippen LogP contribution in [-0.2, 0) is 0 Å². The lowest BCUT2D eigenvalue weighted by Crippen LogP contribution is -2.25. The Kier molecular flexibility index (Phi) is 3.17. The first-order valence-electron chi connectivity index (χ1n) is 3.94. The molecule has 0 aliphatic heterocycles. The monoisotopic (exact) mass is 177 g/mol. The van der Waals surface area contributed by atoms with E-state index in [1.807, 2.05) is 13.0 Å². The molecule has 0 fully saturated rings. The molecule has 0 spiro atoms. The van der Waals surface area contributed by atoms with Gasteiger partial charge in [-0.3, -0.25) is 0 Å². The zero-order chi connectivity index (χ0) is 9.68. The predicted octanol–water partition coefficient (Wildman–Crippen LogP) is 0.107. The van der Waals surface area contributed by atoms with Crippen LogP contribution in [0, 0.1) is 11.3 Å². The van der Waals surface area contributed by atoms with Crippen LogP contribution >= 0.6 is 0 Å². The van der Waals surface area contributed by atoms with Gasteiger partial charge in [0, 0.05) is 18.7 Å². The summed E-state index contributed by atoms with van der Waals surface area (Å²) in [5.74, 6) is 0.629. The van der Waals surface area contributed by atoms with E-state index >= 15 is 0 Å². The summed E-state index contributed by atoms with van der Waals surface area (Å²) >= 11 is 0. The number of nitrogens with two attached hydrogens (primary N) is 1. The predicted molar refractivity (Wildman–Crippen MR) is 48.9 cm³/mol. The van der Waals surface area contributed by atoms with Crippen molar-refractivity contribution in [3.8, 4) is 6.07 Å². The summed E-state index contributed by atoms with van der Waals surface area (Å²) in [5.41, 5.74) is 5.89. The maximum atomic E-state index is 8.55. The molecule has 1 atom stereocenters. The molecule has 1 aromatic rings. The number of nitrogens with zero attached hydrogens (tertiary/aromatic N) is 3. The Bertz CT molecular complexity index is 315. The van der Waals surface area contributed by atoms with E-state index in [4.69, 9.17) is 11.0 Å². The van der Waals surface area contributed by atoms with Crippen molar-refractivity contribution in [1.29, 1.82) is 5.26 Å². The summed E-state index contributed by atoms with van der Waals surface area (Å²) in [4.78, 5) is 7.67. The lowest BCUT2D eigenvalue weighted by atomic mass is 10.3. The van der Waals surface area contributed by atoms with Gasteiger partial charge in [-0.1, -0.05) is 0 Å². The Balaban J connectivity index is 2.63. The molecule has 0 aliphatic carbocycles. The summed E-state index contributed by atoms with van der Waals surface area (Å²) < 4.78 is 0. The third-order valence-corrected chi connectivity index (χ3v) is 1.39. The van der Waals surface area contributed by atoms with Crippen molar-refractivity contribution >= 4 is 5.82 Å². The first kappa shape index (κ1) is 9.42. The minimum atomic E-state index is 0.0560. The van der Waals surface area contributed by atoms with Crippen LogP contribution in [0.25, 0.3) is 0 Å². The standard InChI is InChI=1S/C8H11N5/c1-6(10)4-11-8-2-7(3-9)12-5-13-8/h2,5-6H,4,10H2,1H3,(H,11,12,13). The van der Waals surface area contributed by atoms with Crippen LogP contribution in [0.4, 0.5) is 5.82 Å². The number of rotatable bonds is 3. The van der Waals surface area contributed by atoms with E-state index in [0.29, 0.717) is 18.1 Å². The largest absolute Gasteiger partial charge is 0.368 e. The van der Waals surface area contributed by atoms with Crippen LogP contribution in [0.2, 0.25) is 0 Å². The van der Waals surface area contributed by atoms with Gasteiger partial charge in [-0.15, -0.1) is 0 Å². The smallest absolute Gasteiger partial charge is 0.145 e. The topological polar surface area (TPSA) is 87.6 Å². The third kappa shape index (κ3) is 3.05. The SMILES string of the molecule is CC(N)CNc1cc(C#N)ncn1. The molecule has 0 saturated carbocycles. The van der Waals surface area contributed by atoms with Gasteiger partial charge < -0.3 is 11.1 Å². The van der Waals surface area contributed by atoms with Crippen molar-refractivity contribution in [2.45, 2.75) is 13.0 Å². The highest BCUT2D eigenvalue weighted by atomic mass is 15.0. The lowest BCUT2D eigenvalue weighted by molar-refractivity contribution is 0.776. The summed E-state index contributed by atoms with van der Waals surface area (Å²) in [7, 11) is 0. The van der Waals surface area contributed by atoms with Crippen molar-refractivity contribution < 1.29 is 0 Å². The number of anilines is 1. The molecular formula is C8H11N5. The van der Waals surface area contributed by atoms with Crippen molar-refractivity contribution in [3.05, 3.63) is 18.1 Å². The molecule has 0 aromatic carbocycles. The average Bonchev–Trinajstić information content (AvgIpc) is 2.15. The van der Waals surface area contributed by atoms with Gasteiger partial charge in [0.05, 0.1) is 0 Å². The Hall–Kier alpha value is -1.67. The maximum absolute atomic E-state index is 8.55. The number of aromatic nitrogens is 2. The number of hydrogen-bond acceptors (Lipinski definition) is 5. The number of hydrogen-bond donors (Lipinski definition) is 2. The number of nitrogens with one attached hydrogen (secondary N) is 1. The maximum Gasteiger partial charge on any atom is 0.145 e. The van der Waals surface area contributed by atoms with Gasteiger partial charge >= 0.3 is 0 Å². The Morgan fingerprint density at radius 3 is 3.08 bits per heavy atom. The van der Waals surface area contributed by atoms with E-state index in [9.17, 15) is 0 Å². The molecule has 68 valence electrons. The summed E-state index contributed by atoms with van der Waals surface area (Å²) in [6.07, 6.45) is 1.35. The zero-order valence-electron chi connectivity index (χ0n) is 7.36. The second kappa shape index (κ2) is 4.38. The molecule has 0 bridgehead atoms. The Morgan fingerprint density at radius 1 is 1.69 bits per heavy atom. The van der Waals surface area contributed by atoms with Crippen LogP contribution in [0.5, 0.6) is 0 Å². The van der Waals surface area contributed by atoms with Gasteiger partial charge in [-0.05, 0) is 6.92 Å². The third-order valence-electron chi connectivity index (χ3n) is 1.39. The molecule has 0 amide bonds. The van der Waals surface area contributed by atoms with E-state index < -0.39 is 0 Å². The quantitative estimate of drug-likeness (QED) is 0.684. The van der Waals surface area contributed by atoms with E-state index in [2.05, 4.69) is 15.3 Å². The molecule has 0 aliphatic rings. The Morgan fingerprint density at radius 2 is 2.46 bits per heavy atom. The second-order valence-corrected chi connectivity index (χ2v) is 2.76. The Labute approximate surface area is 76.6 Å². The molecule has 3 N–H and O–H groups in total. The molecule has 13 heavy (non-hydrogen) atoms. The van der Waals surface area contributed by atoms with E-state index in [0.717, 1.165) is 0 Å². The fourth-order valence-electron chi connectivity index (χ4n) is 0.781. The molecule has 1 rings (SSSR count). The lowest BCUT2D eigenvalue weighted by Gasteiger charge is -2.07. The second-order valence-electron chi connectivity index (χ2n) is 2.76. The van der Waals surface area contributed by atoms with Gasteiger partial charge in [0.25, 0.3) is 0 Å². The van der Waals surface area contributed by atoms with Crippen molar-refractivity contribution in [2.24, 2.45) is 5.73 Å². The van der Waals surface area contributed by atoms with Crippen LogP contribution in [0.3, 0.4) is 0 Å². The molecule has 0 saturated heterocycles. The minimum absolute atomic E-state index is 0.0560. The molecule has 5 nitrogen and oxygen atoms in total. The van der Waals surface area contributed by atoms with Gasteiger partial charge in [0.1, 0.15) is 23.9 Å². The normalized spacial score (nSPS) is 11.8. The van der Waals surface area contributed by atoms with Crippen LogP contribution in [0.1, 0.15) is 12.6 Å². The average molecular weight is 177 g/mol. The van der Waals surface area contributed by atoms with Gasteiger partial charge in [-0.2, -0.15) is 5.26 Å². The summed E-state index contributed by atoms with van der Waals surface area (Å²) in [6.45, 7) is 2.52. The molecule has 0 radical (unpaired) electrons. The fourth-order valence-corrected chi connectivity index (χ4v) is 0.781. The summed E-state index contributed by atoms with van der Waals surface area (Å²) in [6, 6.07) is 3.57. The van der Waals surface area contributed by atoms with Crippen LogP contribution in [-0.4, -0.2) is 22.6 Å². The highest BCUT2D eigenvalue weighted by Crippen LogP contribution is 2.01. The number of nitriles is 1. The van der Waals surface area contributed by atoms with Crippen molar-refractivity contribution in [2.75, 3.05) is 11.9 Å². The molecular weight excluding hydrogens is 166 g/mol. The molecule has 1 heterocycles. The van der Waals surface area contributed by atoms with E-state index in [-0.39, 0.29) is 6.04 Å². The molecule has 1 aromatic heterocycles. The highest BCUT2D eigenvalue weighted by molar-refractivity contribution is 5.38. The van der Waals surface area contributed by atoms with Crippen LogP contribution in [0.15, 0.2) is 12.4 Å². The molecule has 5 heteroatoms. The van der Waals surface area contributed by atoms with E-state index in [1.165, 1.54) is 6.33 Å². The summed E-state index contributed by atoms with van der Waals surface area (Å²) in [5, 5.41) is 11.5. The highest BCUT2D eigenvalue weighted by Gasteiger charge is 1.98. The first-order valence-corrected chi connectivity index (χ1v) is 3.94. The van der Waals surface area contributed by atoms with Gasteiger partial charge in [0.2, 0.25) is 0 Å². The van der Waals surface area contributed by atoms with Gasteiger partial charge in [-0.25, -0.2) is 9.97 Å². The zero-order valence-corrected chi connectivity index (χ0v) is 7.36. The van der Waals surface area contributed by atoms with E-state index in [1.54, 1.807) is 6.07 Å². The van der Waals surface area contributed by atoms with Gasteiger partial charge in [0.15, 0.2) is 0 Å². The first-order chi connectivity index (χ1) is 6.22. The molecule has 1 unspecified atom stereocenters. The van der Waals surface area contributed by atoms with Crippen molar-refractivity contribution in [3.63, 3.8) is 0 Å².